The van der Waals surface area contributed by atoms with Crippen LogP contribution in [0, 0.1) is 5.92 Å². The third-order valence-electron chi connectivity index (χ3n) is 4.06. The Kier molecular flexibility index (Phi) is 4.54. The molecule has 1 saturated carbocycles. The van der Waals surface area contributed by atoms with Gasteiger partial charge in [0.2, 0.25) is 5.91 Å². The van der Waals surface area contributed by atoms with Crippen molar-refractivity contribution in [2.75, 3.05) is 11.9 Å². The maximum Gasteiger partial charge on any atom is 0.227 e. The van der Waals surface area contributed by atoms with E-state index in [1.54, 1.807) is 6.33 Å². The molecule has 0 atom stereocenters. The zero-order chi connectivity index (χ0) is 16.4. The van der Waals surface area contributed by atoms with Gasteiger partial charge in [-0.1, -0.05) is 19.6 Å². The number of benzene rings is 1. The average Bonchev–Trinajstić information content (AvgIpc) is 3.25. The highest BCUT2D eigenvalue weighted by molar-refractivity contribution is 6.76. The van der Waals surface area contributed by atoms with Crippen molar-refractivity contribution in [2.24, 2.45) is 5.92 Å². The molecule has 1 aromatic carbocycles. The monoisotopic (exact) mass is 331 g/mol. The number of imidazole rings is 1. The van der Waals surface area contributed by atoms with Crippen LogP contribution in [0.15, 0.2) is 24.5 Å². The average molecular weight is 331 g/mol. The first-order valence-electron chi connectivity index (χ1n) is 8.26. The molecule has 0 aliphatic heterocycles. The van der Waals surface area contributed by atoms with Gasteiger partial charge in [-0.05, 0) is 37.1 Å². The van der Waals surface area contributed by atoms with E-state index in [1.165, 1.54) is 0 Å². The van der Waals surface area contributed by atoms with Crippen LogP contribution in [0.3, 0.4) is 0 Å². The van der Waals surface area contributed by atoms with Gasteiger partial charge >= 0.3 is 0 Å². The minimum absolute atomic E-state index is 0.127. The summed E-state index contributed by atoms with van der Waals surface area (Å²) in [5, 5.41) is 2.98. The third kappa shape index (κ3) is 4.42. The molecule has 124 valence electrons. The number of carbonyl (C=O) groups excluding carboxylic acids is 1. The lowest BCUT2D eigenvalue weighted by atomic mass is 10.2. The van der Waals surface area contributed by atoms with Crippen molar-refractivity contribution in [3.8, 4) is 0 Å². The summed E-state index contributed by atoms with van der Waals surface area (Å²) < 4.78 is 7.79. The molecular weight excluding hydrogens is 306 g/mol. The van der Waals surface area contributed by atoms with E-state index in [4.69, 9.17) is 4.74 Å². The highest BCUT2D eigenvalue weighted by Crippen LogP contribution is 2.30. The minimum Gasteiger partial charge on any atom is -0.361 e. The van der Waals surface area contributed by atoms with Crippen molar-refractivity contribution < 1.29 is 9.53 Å². The predicted octanol–water partition coefficient (Wildman–Crippen LogP) is 3.70. The number of hydrogen-bond acceptors (Lipinski definition) is 3. The largest absolute Gasteiger partial charge is 0.361 e. The van der Waals surface area contributed by atoms with Crippen LogP contribution in [0.1, 0.15) is 12.8 Å². The maximum absolute atomic E-state index is 11.9. The molecule has 0 unspecified atom stereocenters. The lowest BCUT2D eigenvalue weighted by Crippen LogP contribution is -2.21. The number of anilines is 1. The SMILES string of the molecule is C[Si](C)(C)CCOCn1cnc2ccc(NC(=O)C3CC3)cc21. The molecule has 5 nitrogen and oxygen atoms in total. The van der Waals surface area contributed by atoms with Gasteiger partial charge in [0, 0.05) is 26.3 Å². The number of hydrogen-bond donors (Lipinski definition) is 1. The summed E-state index contributed by atoms with van der Waals surface area (Å²) in [4.78, 5) is 16.3. The molecular formula is C17H25N3O2Si. The van der Waals surface area contributed by atoms with Crippen LogP contribution in [0.4, 0.5) is 5.69 Å². The molecule has 1 aliphatic rings. The van der Waals surface area contributed by atoms with Crippen molar-refractivity contribution in [1.29, 1.82) is 0 Å². The van der Waals surface area contributed by atoms with Crippen molar-refractivity contribution in [2.45, 2.75) is 45.3 Å². The number of nitrogens with one attached hydrogen (secondary N) is 1. The van der Waals surface area contributed by atoms with Gasteiger partial charge in [-0.15, -0.1) is 0 Å². The second-order valence-electron chi connectivity index (χ2n) is 7.53. The van der Waals surface area contributed by atoms with Gasteiger partial charge in [0.1, 0.15) is 6.73 Å². The number of nitrogens with zero attached hydrogens (tertiary/aromatic N) is 2. The van der Waals surface area contributed by atoms with Gasteiger partial charge in [0.15, 0.2) is 0 Å². The second kappa shape index (κ2) is 6.45. The van der Waals surface area contributed by atoms with Crippen molar-refractivity contribution >= 4 is 30.7 Å². The van der Waals surface area contributed by atoms with Crippen molar-refractivity contribution in [1.82, 2.24) is 9.55 Å². The number of aromatic nitrogens is 2. The molecule has 1 aliphatic carbocycles. The lowest BCUT2D eigenvalue weighted by molar-refractivity contribution is -0.117. The van der Waals surface area contributed by atoms with Crippen LogP contribution < -0.4 is 5.32 Å². The van der Waals surface area contributed by atoms with E-state index in [0.717, 1.165) is 42.2 Å². The number of rotatable bonds is 7. The molecule has 1 heterocycles. The fourth-order valence-electron chi connectivity index (χ4n) is 2.37. The Labute approximate surface area is 138 Å². The molecule has 1 N–H and O–H groups in total. The van der Waals surface area contributed by atoms with E-state index < -0.39 is 8.07 Å². The molecule has 2 aromatic rings. The van der Waals surface area contributed by atoms with Gasteiger partial charge in [-0.3, -0.25) is 4.79 Å². The minimum atomic E-state index is -1.06. The summed E-state index contributed by atoms with van der Waals surface area (Å²) in [7, 11) is -1.06. The quantitative estimate of drug-likeness (QED) is 0.622. The normalized spacial score (nSPS) is 15.1. The molecule has 23 heavy (non-hydrogen) atoms. The van der Waals surface area contributed by atoms with E-state index in [0.29, 0.717) is 6.73 Å². The van der Waals surface area contributed by atoms with Crippen LogP contribution in [0.25, 0.3) is 11.0 Å². The molecule has 6 heteroatoms. The highest BCUT2D eigenvalue weighted by atomic mass is 28.3. The van der Waals surface area contributed by atoms with Gasteiger partial charge < -0.3 is 14.6 Å². The van der Waals surface area contributed by atoms with E-state index in [-0.39, 0.29) is 11.8 Å². The van der Waals surface area contributed by atoms with E-state index in [1.807, 2.05) is 22.8 Å². The van der Waals surface area contributed by atoms with Crippen LogP contribution in [0.5, 0.6) is 0 Å². The zero-order valence-electron chi connectivity index (χ0n) is 14.1. The molecule has 0 bridgehead atoms. The van der Waals surface area contributed by atoms with Crippen LogP contribution >= 0.6 is 0 Å². The van der Waals surface area contributed by atoms with E-state index >= 15 is 0 Å². The molecule has 1 fully saturated rings. The highest BCUT2D eigenvalue weighted by Gasteiger charge is 2.29. The number of carbonyl (C=O) groups is 1. The summed E-state index contributed by atoms with van der Waals surface area (Å²) in [6.07, 6.45) is 3.82. The van der Waals surface area contributed by atoms with Crippen LogP contribution in [-0.4, -0.2) is 30.1 Å². The van der Waals surface area contributed by atoms with Crippen molar-refractivity contribution in [3.05, 3.63) is 24.5 Å². The summed E-state index contributed by atoms with van der Waals surface area (Å²) in [6.45, 7) is 8.32. The molecule has 0 radical (unpaired) electrons. The number of fused-ring (bicyclic) bond motifs is 1. The molecule has 0 saturated heterocycles. The van der Waals surface area contributed by atoms with E-state index in [2.05, 4.69) is 29.9 Å². The Morgan fingerprint density at radius 1 is 1.39 bits per heavy atom. The topological polar surface area (TPSA) is 56.1 Å². The first-order chi connectivity index (χ1) is 10.9. The van der Waals surface area contributed by atoms with Gasteiger partial charge in [0.05, 0.1) is 17.4 Å². The summed E-state index contributed by atoms with van der Waals surface area (Å²) in [5.74, 6) is 0.335. The fourth-order valence-corrected chi connectivity index (χ4v) is 3.13. The lowest BCUT2D eigenvalue weighted by Gasteiger charge is -2.15. The Bertz CT molecular complexity index is 701. The van der Waals surface area contributed by atoms with Gasteiger partial charge in [-0.2, -0.15) is 0 Å². The van der Waals surface area contributed by atoms with Crippen molar-refractivity contribution in [3.63, 3.8) is 0 Å². The first-order valence-corrected chi connectivity index (χ1v) is 12.0. The predicted molar refractivity (Wildman–Crippen MR) is 95.2 cm³/mol. The standard InChI is InChI=1S/C17H25N3O2Si/c1-23(2,3)9-8-22-12-20-11-18-15-7-6-14(10-16(15)20)19-17(21)13-4-5-13/h6-7,10-11,13H,4-5,8-9,12H2,1-3H3,(H,19,21). The van der Waals surface area contributed by atoms with Crippen LogP contribution in [-0.2, 0) is 16.3 Å². The smallest absolute Gasteiger partial charge is 0.227 e. The summed E-state index contributed by atoms with van der Waals surface area (Å²) in [5.41, 5.74) is 2.74. The van der Waals surface area contributed by atoms with Gasteiger partial charge in [0.25, 0.3) is 0 Å². The summed E-state index contributed by atoms with van der Waals surface area (Å²) >= 11 is 0. The Balaban J connectivity index is 1.64. The Hall–Kier alpha value is -1.66. The second-order valence-corrected chi connectivity index (χ2v) is 13.2. The van der Waals surface area contributed by atoms with E-state index in [9.17, 15) is 4.79 Å². The maximum atomic E-state index is 11.9. The molecule has 1 amide bonds. The fraction of sp³-hybridized carbons (Fsp3) is 0.529. The Morgan fingerprint density at radius 3 is 2.87 bits per heavy atom. The number of amides is 1. The van der Waals surface area contributed by atoms with Crippen LogP contribution in [0.2, 0.25) is 25.7 Å². The van der Waals surface area contributed by atoms with Gasteiger partial charge in [-0.25, -0.2) is 4.98 Å². The molecule has 3 rings (SSSR count). The molecule has 0 spiro atoms. The zero-order valence-corrected chi connectivity index (χ0v) is 15.1. The molecule has 1 aromatic heterocycles. The first kappa shape index (κ1) is 16.2. The third-order valence-corrected chi connectivity index (χ3v) is 5.77. The summed E-state index contributed by atoms with van der Waals surface area (Å²) in [6, 6.07) is 6.98. The number of ether oxygens (including phenoxy) is 1. The Morgan fingerprint density at radius 2 is 2.17 bits per heavy atom.